The minimum absolute atomic E-state index is 0.00314. The number of hydrogen-bond acceptors (Lipinski definition) is 2. The Morgan fingerprint density at radius 1 is 1.28 bits per heavy atom. The molecule has 0 aliphatic heterocycles. The molecule has 0 radical (unpaired) electrons. The van der Waals surface area contributed by atoms with Crippen LogP contribution in [0.3, 0.4) is 0 Å². The second kappa shape index (κ2) is 6.04. The molecule has 0 fully saturated rings. The zero-order valence-corrected chi connectivity index (χ0v) is 10.1. The normalized spacial score (nSPS) is 12.1. The van der Waals surface area contributed by atoms with Gasteiger partial charge in [0, 0.05) is 6.54 Å². The molecular weight excluding hydrogens is 248 g/mol. The van der Waals surface area contributed by atoms with Gasteiger partial charge in [0.15, 0.2) is 0 Å². The van der Waals surface area contributed by atoms with Crippen LogP contribution in [0.25, 0.3) is 0 Å². The maximum Gasteiger partial charge on any atom is 0.401 e. The predicted octanol–water partition coefficient (Wildman–Crippen LogP) is 3.18. The molecule has 18 heavy (non-hydrogen) atoms. The standard InChI is InChI=1S/C12H16F4N2/c1-2-5-18(8-12(14,15)16)7-9-3-4-11(17)10(13)6-9/h3-4,6H,2,5,7-8,17H2,1H3. The Kier molecular flexibility index (Phi) is 4.95. The summed E-state index contributed by atoms with van der Waals surface area (Å²) in [4.78, 5) is 1.24. The molecule has 0 saturated heterocycles. The fourth-order valence-electron chi connectivity index (χ4n) is 1.71. The van der Waals surface area contributed by atoms with Crippen LogP contribution in [0.4, 0.5) is 23.2 Å². The van der Waals surface area contributed by atoms with Crippen molar-refractivity contribution in [3.8, 4) is 0 Å². The maximum absolute atomic E-state index is 13.2. The molecule has 0 atom stereocenters. The van der Waals surface area contributed by atoms with Crippen LogP contribution in [-0.2, 0) is 6.54 Å². The van der Waals surface area contributed by atoms with E-state index in [0.29, 0.717) is 18.5 Å². The summed E-state index contributed by atoms with van der Waals surface area (Å²) in [6, 6.07) is 4.08. The molecule has 1 rings (SSSR count). The second-order valence-corrected chi connectivity index (χ2v) is 4.18. The van der Waals surface area contributed by atoms with Gasteiger partial charge < -0.3 is 5.73 Å². The van der Waals surface area contributed by atoms with E-state index in [1.165, 1.54) is 23.1 Å². The van der Waals surface area contributed by atoms with E-state index in [1.807, 2.05) is 0 Å². The summed E-state index contributed by atoms with van der Waals surface area (Å²) in [5.74, 6) is -0.601. The van der Waals surface area contributed by atoms with Gasteiger partial charge in [0.25, 0.3) is 0 Å². The molecule has 1 aromatic carbocycles. The highest BCUT2D eigenvalue weighted by Gasteiger charge is 2.30. The smallest absolute Gasteiger partial charge is 0.396 e. The summed E-state index contributed by atoms with van der Waals surface area (Å²) >= 11 is 0. The lowest BCUT2D eigenvalue weighted by atomic mass is 10.2. The van der Waals surface area contributed by atoms with Crippen LogP contribution < -0.4 is 5.73 Å². The van der Waals surface area contributed by atoms with Gasteiger partial charge in [-0.2, -0.15) is 13.2 Å². The summed E-state index contributed by atoms with van der Waals surface area (Å²) in [5.41, 5.74) is 5.79. The van der Waals surface area contributed by atoms with E-state index in [2.05, 4.69) is 0 Å². The monoisotopic (exact) mass is 264 g/mol. The Bertz CT molecular complexity index is 390. The first kappa shape index (κ1) is 14.8. The Labute approximate surface area is 103 Å². The Balaban J connectivity index is 2.73. The number of nitrogens with two attached hydrogens (primary N) is 1. The van der Waals surface area contributed by atoms with Gasteiger partial charge in [-0.3, -0.25) is 4.90 Å². The van der Waals surface area contributed by atoms with Gasteiger partial charge in [0.2, 0.25) is 0 Å². The van der Waals surface area contributed by atoms with E-state index in [9.17, 15) is 17.6 Å². The lowest BCUT2D eigenvalue weighted by molar-refractivity contribution is -0.147. The topological polar surface area (TPSA) is 29.3 Å². The molecule has 1 aromatic rings. The van der Waals surface area contributed by atoms with Crippen LogP contribution in [0.15, 0.2) is 18.2 Å². The lowest BCUT2D eigenvalue weighted by Gasteiger charge is -2.23. The first-order chi connectivity index (χ1) is 8.31. The van der Waals surface area contributed by atoms with Crippen molar-refractivity contribution in [2.75, 3.05) is 18.8 Å². The number of nitrogens with zero attached hydrogens (tertiary/aromatic N) is 1. The van der Waals surface area contributed by atoms with Crippen molar-refractivity contribution in [1.82, 2.24) is 4.90 Å². The maximum atomic E-state index is 13.2. The summed E-state index contributed by atoms with van der Waals surface area (Å²) in [6.07, 6.45) is -3.64. The van der Waals surface area contributed by atoms with Gasteiger partial charge in [0.1, 0.15) is 5.82 Å². The Morgan fingerprint density at radius 3 is 2.44 bits per heavy atom. The number of rotatable bonds is 5. The quantitative estimate of drug-likeness (QED) is 0.653. The van der Waals surface area contributed by atoms with Crippen molar-refractivity contribution in [3.05, 3.63) is 29.6 Å². The molecule has 0 spiro atoms. The highest BCUT2D eigenvalue weighted by atomic mass is 19.4. The first-order valence-electron chi connectivity index (χ1n) is 5.65. The van der Waals surface area contributed by atoms with E-state index >= 15 is 0 Å². The van der Waals surface area contributed by atoms with Crippen LogP contribution in [-0.4, -0.2) is 24.2 Å². The lowest BCUT2D eigenvalue weighted by Crippen LogP contribution is -2.34. The first-order valence-corrected chi connectivity index (χ1v) is 5.65. The summed E-state index contributed by atoms with van der Waals surface area (Å²) in [5, 5.41) is 0. The van der Waals surface area contributed by atoms with Crippen LogP contribution in [0, 0.1) is 5.82 Å². The third-order valence-corrected chi connectivity index (χ3v) is 2.41. The molecule has 0 unspecified atom stereocenters. The number of hydrogen-bond donors (Lipinski definition) is 1. The second-order valence-electron chi connectivity index (χ2n) is 4.18. The molecule has 0 saturated carbocycles. The van der Waals surface area contributed by atoms with Crippen molar-refractivity contribution in [1.29, 1.82) is 0 Å². The van der Waals surface area contributed by atoms with Gasteiger partial charge in [0.05, 0.1) is 12.2 Å². The van der Waals surface area contributed by atoms with Gasteiger partial charge in [-0.05, 0) is 30.7 Å². The minimum Gasteiger partial charge on any atom is -0.396 e. The van der Waals surface area contributed by atoms with E-state index < -0.39 is 18.5 Å². The van der Waals surface area contributed by atoms with Crippen molar-refractivity contribution in [3.63, 3.8) is 0 Å². The average molecular weight is 264 g/mol. The van der Waals surface area contributed by atoms with Crippen molar-refractivity contribution >= 4 is 5.69 Å². The van der Waals surface area contributed by atoms with E-state index in [4.69, 9.17) is 5.73 Å². The fraction of sp³-hybridized carbons (Fsp3) is 0.500. The SMILES string of the molecule is CCCN(Cc1ccc(N)c(F)c1)CC(F)(F)F. The molecule has 0 heterocycles. The van der Waals surface area contributed by atoms with Crippen molar-refractivity contribution in [2.24, 2.45) is 0 Å². The Hall–Kier alpha value is -1.30. The molecule has 2 N–H and O–H groups in total. The van der Waals surface area contributed by atoms with Crippen molar-refractivity contribution in [2.45, 2.75) is 26.1 Å². The fourth-order valence-corrected chi connectivity index (χ4v) is 1.71. The molecular formula is C12H16F4N2. The summed E-state index contributed by atoms with van der Waals surface area (Å²) in [7, 11) is 0. The largest absolute Gasteiger partial charge is 0.401 e. The zero-order valence-electron chi connectivity index (χ0n) is 10.1. The van der Waals surface area contributed by atoms with E-state index in [1.54, 1.807) is 6.92 Å². The molecule has 0 aliphatic carbocycles. The molecule has 2 nitrogen and oxygen atoms in total. The van der Waals surface area contributed by atoms with Crippen LogP contribution in [0.2, 0.25) is 0 Å². The number of alkyl halides is 3. The highest BCUT2D eigenvalue weighted by molar-refractivity contribution is 5.41. The molecule has 102 valence electrons. The van der Waals surface area contributed by atoms with Crippen LogP contribution in [0.5, 0.6) is 0 Å². The molecule has 6 heteroatoms. The van der Waals surface area contributed by atoms with Crippen molar-refractivity contribution < 1.29 is 17.6 Å². The zero-order chi connectivity index (χ0) is 13.8. The molecule has 0 amide bonds. The third-order valence-electron chi connectivity index (χ3n) is 2.41. The average Bonchev–Trinajstić information content (AvgIpc) is 2.21. The summed E-state index contributed by atoms with van der Waals surface area (Å²) in [6.45, 7) is 1.18. The molecule has 0 bridgehead atoms. The van der Waals surface area contributed by atoms with Gasteiger partial charge in [-0.25, -0.2) is 4.39 Å². The molecule has 0 aromatic heterocycles. The summed E-state index contributed by atoms with van der Waals surface area (Å²) < 4.78 is 50.2. The molecule has 0 aliphatic rings. The number of halogens is 4. The number of benzene rings is 1. The number of anilines is 1. The van der Waals surface area contributed by atoms with E-state index in [-0.39, 0.29) is 12.2 Å². The third kappa shape index (κ3) is 4.91. The Morgan fingerprint density at radius 2 is 1.94 bits per heavy atom. The number of nitrogen functional groups attached to an aromatic ring is 1. The van der Waals surface area contributed by atoms with Gasteiger partial charge >= 0.3 is 6.18 Å². The highest BCUT2D eigenvalue weighted by Crippen LogP contribution is 2.19. The predicted molar refractivity (Wildman–Crippen MR) is 62.4 cm³/mol. The van der Waals surface area contributed by atoms with Crippen LogP contribution >= 0.6 is 0 Å². The van der Waals surface area contributed by atoms with Crippen LogP contribution in [0.1, 0.15) is 18.9 Å². The van der Waals surface area contributed by atoms with Gasteiger partial charge in [-0.15, -0.1) is 0 Å². The van der Waals surface area contributed by atoms with E-state index in [0.717, 1.165) is 0 Å². The van der Waals surface area contributed by atoms with Gasteiger partial charge in [-0.1, -0.05) is 13.0 Å². The minimum atomic E-state index is -4.25.